The Bertz CT molecular complexity index is 522. The number of alkyl halides is 3. The SMILES string of the molecule is FC(F)(F)Cc1ccn(-c2ncccc2Cl)n1. The van der Waals surface area contributed by atoms with Crippen LogP contribution in [-0.2, 0) is 6.42 Å². The molecule has 0 unspecified atom stereocenters. The quantitative estimate of drug-likeness (QED) is 0.832. The molecule has 0 saturated carbocycles. The van der Waals surface area contributed by atoms with Crippen LogP contribution in [0.5, 0.6) is 0 Å². The average Bonchev–Trinajstić information content (AvgIpc) is 2.64. The van der Waals surface area contributed by atoms with Gasteiger partial charge in [0, 0.05) is 12.4 Å². The highest BCUT2D eigenvalue weighted by Crippen LogP contribution is 2.21. The van der Waals surface area contributed by atoms with Crippen LogP contribution in [0.1, 0.15) is 5.69 Å². The van der Waals surface area contributed by atoms with Gasteiger partial charge in [-0.15, -0.1) is 0 Å². The number of hydrogen-bond donors (Lipinski definition) is 0. The molecule has 0 saturated heterocycles. The minimum absolute atomic E-state index is 0.0702. The molecular formula is C10H7ClF3N3. The summed E-state index contributed by atoms with van der Waals surface area (Å²) in [5.41, 5.74) is -0.0702. The van der Waals surface area contributed by atoms with E-state index in [1.807, 2.05) is 0 Å². The maximum Gasteiger partial charge on any atom is 0.394 e. The molecule has 0 aromatic carbocycles. The predicted octanol–water partition coefficient (Wildman–Crippen LogP) is 3.03. The minimum atomic E-state index is -4.27. The fraction of sp³-hybridized carbons (Fsp3) is 0.200. The van der Waals surface area contributed by atoms with E-state index in [4.69, 9.17) is 11.6 Å². The summed E-state index contributed by atoms with van der Waals surface area (Å²) in [6.45, 7) is 0. The summed E-state index contributed by atoms with van der Waals surface area (Å²) in [5, 5.41) is 4.10. The number of pyridine rings is 1. The molecule has 0 radical (unpaired) electrons. The van der Waals surface area contributed by atoms with Crippen molar-refractivity contribution in [2.24, 2.45) is 0 Å². The van der Waals surface area contributed by atoms with Crippen molar-refractivity contribution in [1.82, 2.24) is 14.8 Å². The summed E-state index contributed by atoms with van der Waals surface area (Å²) in [5.74, 6) is 0.308. The lowest BCUT2D eigenvalue weighted by molar-refractivity contribution is -0.127. The second-order valence-corrected chi connectivity index (χ2v) is 3.76. The molecule has 0 bridgehead atoms. The summed E-state index contributed by atoms with van der Waals surface area (Å²) in [6.07, 6.45) is -2.45. The third kappa shape index (κ3) is 2.97. The van der Waals surface area contributed by atoms with Gasteiger partial charge in [-0.25, -0.2) is 9.67 Å². The predicted molar refractivity (Wildman–Crippen MR) is 56.1 cm³/mol. The van der Waals surface area contributed by atoms with Crippen LogP contribution in [-0.4, -0.2) is 20.9 Å². The van der Waals surface area contributed by atoms with Gasteiger partial charge in [-0.05, 0) is 18.2 Å². The third-order valence-corrected chi connectivity index (χ3v) is 2.28. The third-order valence-electron chi connectivity index (χ3n) is 1.98. The standard InChI is InChI=1S/C10H7ClF3N3/c11-8-2-1-4-15-9(8)17-5-3-7(16-17)6-10(12,13)14/h1-5H,6H2. The molecule has 2 aromatic heterocycles. The smallest absolute Gasteiger partial charge is 0.236 e. The first-order valence-corrected chi connectivity index (χ1v) is 5.06. The van der Waals surface area contributed by atoms with Gasteiger partial charge in [0.1, 0.15) is 0 Å². The van der Waals surface area contributed by atoms with Crippen molar-refractivity contribution in [2.75, 3.05) is 0 Å². The van der Waals surface area contributed by atoms with Crippen molar-refractivity contribution < 1.29 is 13.2 Å². The van der Waals surface area contributed by atoms with Crippen LogP contribution in [0.3, 0.4) is 0 Å². The van der Waals surface area contributed by atoms with Gasteiger partial charge in [-0.2, -0.15) is 18.3 Å². The molecule has 90 valence electrons. The Balaban J connectivity index is 2.28. The van der Waals surface area contributed by atoms with Crippen LogP contribution in [0.4, 0.5) is 13.2 Å². The molecule has 0 fully saturated rings. The van der Waals surface area contributed by atoms with Crippen LogP contribution in [0, 0.1) is 0 Å². The topological polar surface area (TPSA) is 30.7 Å². The highest BCUT2D eigenvalue weighted by Gasteiger charge is 2.29. The summed E-state index contributed by atoms with van der Waals surface area (Å²) in [7, 11) is 0. The van der Waals surface area contributed by atoms with E-state index in [0.717, 1.165) is 0 Å². The second kappa shape index (κ2) is 4.37. The van der Waals surface area contributed by atoms with Crippen molar-refractivity contribution in [3.05, 3.63) is 41.3 Å². The maximum atomic E-state index is 12.1. The molecule has 0 aliphatic carbocycles. The number of rotatable bonds is 2. The van der Waals surface area contributed by atoms with E-state index in [-0.39, 0.29) is 5.69 Å². The molecule has 7 heteroatoms. The summed E-state index contributed by atoms with van der Waals surface area (Å²) in [4.78, 5) is 3.95. The van der Waals surface area contributed by atoms with Gasteiger partial charge in [0.2, 0.25) is 0 Å². The van der Waals surface area contributed by atoms with Gasteiger partial charge in [0.25, 0.3) is 0 Å². The van der Waals surface area contributed by atoms with Gasteiger partial charge in [0.05, 0.1) is 17.1 Å². The van der Waals surface area contributed by atoms with Crippen LogP contribution in [0.25, 0.3) is 5.82 Å². The Morgan fingerprint density at radius 2 is 2.06 bits per heavy atom. The fourth-order valence-corrected chi connectivity index (χ4v) is 1.53. The summed E-state index contributed by atoms with van der Waals surface area (Å²) in [6, 6.07) is 4.51. The number of halogens is 4. The van der Waals surface area contributed by atoms with Crippen molar-refractivity contribution in [3.8, 4) is 5.82 Å². The Kier molecular flexibility index (Phi) is 3.06. The van der Waals surface area contributed by atoms with E-state index in [2.05, 4.69) is 10.1 Å². The van der Waals surface area contributed by atoms with E-state index in [1.165, 1.54) is 23.1 Å². The Morgan fingerprint density at radius 1 is 1.29 bits per heavy atom. The van der Waals surface area contributed by atoms with Gasteiger partial charge in [-0.3, -0.25) is 0 Å². The molecule has 0 aliphatic rings. The molecule has 0 aliphatic heterocycles. The summed E-state index contributed by atoms with van der Waals surface area (Å²) >= 11 is 5.86. The molecule has 2 aromatic rings. The highest BCUT2D eigenvalue weighted by atomic mass is 35.5. The molecular weight excluding hydrogens is 255 g/mol. The summed E-state index contributed by atoms with van der Waals surface area (Å²) < 4.78 is 37.6. The second-order valence-electron chi connectivity index (χ2n) is 3.35. The van der Waals surface area contributed by atoms with Crippen molar-refractivity contribution in [1.29, 1.82) is 0 Å². The molecule has 2 rings (SSSR count). The molecule has 0 spiro atoms. The molecule has 0 amide bonds. The largest absolute Gasteiger partial charge is 0.394 e. The van der Waals surface area contributed by atoms with Crippen molar-refractivity contribution in [3.63, 3.8) is 0 Å². The minimum Gasteiger partial charge on any atom is -0.236 e. The highest BCUT2D eigenvalue weighted by molar-refractivity contribution is 6.32. The number of hydrogen-bond acceptors (Lipinski definition) is 2. The van der Waals surface area contributed by atoms with E-state index in [9.17, 15) is 13.2 Å². The molecule has 0 N–H and O–H groups in total. The van der Waals surface area contributed by atoms with Crippen molar-refractivity contribution >= 4 is 11.6 Å². The number of nitrogens with zero attached hydrogens (tertiary/aromatic N) is 3. The fourth-order valence-electron chi connectivity index (χ4n) is 1.33. The lowest BCUT2D eigenvalue weighted by atomic mass is 10.3. The first kappa shape index (κ1) is 11.9. The van der Waals surface area contributed by atoms with E-state index >= 15 is 0 Å². The van der Waals surface area contributed by atoms with Gasteiger partial charge < -0.3 is 0 Å². The van der Waals surface area contributed by atoms with Crippen LogP contribution < -0.4 is 0 Å². The molecule has 2 heterocycles. The van der Waals surface area contributed by atoms with Gasteiger partial charge in [0.15, 0.2) is 5.82 Å². The zero-order valence-corrected chi connectivity index (χ0v) is 9.20. The zero-order valence-electron chi connectivity index (χ0n) is 8.45. The van der Waals surface area contributed by atoms with Crippen LogP contribution in [0.2, 0.25) is 5.02 Å². The normalized spacial score (nSPS) is 11.8. The average molecular weight is 262 g/mol. The Morgan fingerprint density at radius 3 is 2.71 bits per heavy atom. The molecule has 0 atom stereocenters. The first-order chi connectivity index (χ1) is 7.96. The number of aromatic nitrogens is 3. The Hall–Kier alpha value is -1.56. The van der Waals surface area contributed by atoms with E-state index < -0.39 is 12.6 Å². The van der Waals surface area contributed by atoms with Crippen LogP contribution in [0.15, 0.2) is 30.6 Å². The van der Waals surface area contributed by atoms with Gasteiger partial charge >= 0.3 is 6.18 Å². The lowest BCUT2D eigenvalue weighted by Gasteiger charge is -2.03. The monoisotopic (exact) mass is 261 g/mol. The maximum absolute atomic E-state index is 12.1. The van der Waals surface area contributed by atoms with E-state index in [0.29, 0.717) is 10.8 Å². The lowest BCUT2D eigenvalue weighted by Crippen LogP contribution is -2.12. The zero-order chi connectivity index (χ0) is 12.5. The first-order valence-electron chi connectivity index (χ1n) is 4.68. The van der Waals surface area contributed by atoms with E-state index in [1.54, 1.807) is 12.1 Å². The Labute approximate surface area is 99.8 Å². The molecule has 17 heavy (non-hydrogen) atoms. The van der Waals surface area contributed by atoms with Gasteiger partial charge in [-0.1, -0.05) is 11.6 Å². The van der Waals surface area contributed by atoms with Crippen LogP contribution >= 0.6 is 11.6 Å². The van der Waals surface area contributed by atoms with Crippen molar-refractivity contribution in [2.45, 2.75) is 12.6 Å². The molecule has 3 nitrogen and oxygen atoms in total.